The van der Waals surface area contributed by atoms with Crippen LogP contribution in [0.25, 0.3) is 11.1 Å². The number of fused-ring (bicyclic) bond motifs is 1. The van der Waals surface area contributed by atoms with Crippen LogP contribution in [0, 0.1) is 0 Å². The number of benzene rings is 1. The van der Waals surface area contributed by atoms with E-state index in [2.05, 4.69) is 15.6 Å². The molecule has 1 spiro atoms. The molecule has 0 saturated carbocycles. The van der Waals surface area contributed by atoms with E-state index in [4.69, 9.17) is 4.42 Å². The molecule has 130 valence electrons. The van der Waals surface area contributed by atoms with Gasteiger partial charge in [-0.1, -0.05) is 12.1 Å². The number of imide groups is 1. The number of nitrogens with zero attached hydrogens (tertiary/aromatic N) is 2. The third-order valence-electron chi connectivity index (χ3n) is 4.88. The van der Waals surface area contributed by atoms with Crippen molar-refractivity contribution in [3.05, 3.63) is 30.2 Å². The quantitative estimate of drug-likeness (QED) is 0.809. The molecule has 2 aliphatic rings. The van der Waals surface area contributed by atoms with Gasteiger partial charge in [-0.05, 0) is 25.0 Å². The van der Waals surface area contributed by atoms with Gasteiger partial charge in [-0.15, -0.1) is 0 Å². The molecule has 3 heterocycles. The van der Waals surface area contributed by atoms with Crippen LogP contribution in [0.4, 0.5) is 4.79 Å². The summed E-state index contributed by atoms with van der Waals surface area (Å²) in [5, 5.41) is 4.96. The standard InChI is InChI=1S/C17H18N4O4/c22-14(6-5-13-18-11-3-1-2-4-12(11)25-13)21-9-7-17(8-10-21)15(23)19-16(24)20-17/h1-4H,5-10H2,(H2,19,20,23,24). The van der Waals surface area contributed by atoms with Crippen molar-refractivity contribution in [3.63, 3.8) is 0 Å². The second-order valence-corrected chi connectivity index (χ2v) is 6.45. The van der Waals surface area contributed by atoms with Crippen molar-refractivity contribution in [3.8, 4) is 0 Å². The molecule has 25 heavy (non-hydrogen) atoms. The molecule has 8 nitrogen and oxygen atoms in total. The zero-order valence-corrected chi connectivity index (χ0v) is 13.6. The lowest BCUT2D eigenvalue weighted by Gasteiger charge is -2.37. The Hall–Kier alpha value is -2.90. The Balaban J connectivity index is 1.33. The maximum absolute atomic E-state index is 12.4. The van der Waals surface area contributed by atoms with E-state index in [9.17, 15) is 14.4 Å². The minimum Gasteiger partial charge on any atom is -0.441 e. The molecule has 2 fully saturated rings. The fraction of sp³-hybridized carbons (Fsp3) is 0.412. The van der Waals surface area contributed by atoms with E-state index in [1.54, 1.807) is 4.90 Å². The van der Waals surface area contributed by atoms with Gasteiger partial charge < -0.3 is 14.6 Å². The lowest BCUT2D eigenvalue weighted by molar-refractivity contribution is -0.135. The van der Waals surface area contributed by atoms with Crippen molar-refractivity contribution in [2.75, 3.05) is 13.1 Å². The SMILES string of the molecule is O=C1NC(=O)C2(CCN(C(=O)CCc3nc4ccccc4o3)CC2)N1. The van der Waals surface area contributed by atoms with Gasteiger partial charge in [0.1, 0.15) is 11.1 Å². The van der Waals surface area contributed by atoms with Gasteiger partial charge in [-0.25, -0.2) is 9.78 Å². The predicted molar refractivity (Wildman–Crippen MR) is 87.5 cm³/mol. The Morgan fingerprint density at radius 2 is 2.00 bits per heavy atom. The topological polar surface area (TPSA) is 105 Å². The molecule has 2 aromatic rings. The second kappa shape index (κ2) is 5.87. The van der Waals surface area contributed by atoms with Gasteiger partial charge in [0.25, 0.3) is 5.91 Å². The number of hydrogen-bond donors (Lipinski definition) is 2. The van der Waals surface area contributed by atoms with E-state index in [0.717, 1.165) is 5.52 Å². The van der Waals surface area contributed by atoms with Gasteiger partial charge in [0.15, 0.2) is 11.5 Å². The number of aryl methyl sites for hydroxylation is 1. The number of rotatable bonds is 3. The molecule has 4 amide bonds. The molecule has 2 N–H and O–H groups in total. The van der Waals surface area contributed by atoms with Crippen LogP contribution in [0.15, 0.2) is 28.7 Å². The number of amides is 4. The highest BCUT2D eigenvalue weighted by Crippen LogP contribution is 2.26. The van der Waals surface area contributed by atoms with Crippen molar-refractivity contribution in [1.29, 1.82) is 0 Å². The van der Waals surface area contributed by atoms with Crippen molar-refractivity contribution in [1.82, 2.24) is 20.5 Å². The Morgan fingerprint density at radius 3 is 2.68 bits per heavy atom. The van der Waals surface area contributed by atoms with E-state index in [-0.39, 0.29) is 11.8 Å². The molecule has 0 unspecified atom stereocenters. The van der Waals surface area contributed by atoms with Gasteiger partial charge in [0, 0.05) is 25.9 Å². The van der Waals surface area contributed by atoms with Gasteiger partial charge in [-0.3, -0.25) is 14.9 Å². The average Bonchev–Trinajstić information content (AvgIpc) is 3.14. The summed E-state index contributed by atoms with van der Waals surface area (Å²) < 4.78 is 5.63. The van der Waals surface area contributed by atoms with E-state index >= 15 is 0 Å². The van der Waals surface area contributed by atoms with E-state index in [1.165, 1.54) is 0 Å². The first kappa shape index (κ1) is 15.6. The monoisotopic (exact) mass is 342 g/mol. The second-order valence-electron chi connectivity index (χ2n) is 6.45. The van der Waals surface area contributed by atoms with Crippen molar-refractivity contribution < 1.29 is 18.8 Å². The molecular weight excluding hydrogens is 324 g/mol. The third kappa shape index (κ3) is 2.84. The maximum atomic E-state index is 12.4. The van der Waals surface area contributed by atoms with E-state index in [1.807, 2.05) is 24.3 Å². The minimum absolute atomic E-state index is 0.00170. The highest BCUT2D eigenvalue weighted by molar-refractivity contribution is 6.07. The fourth-order valence-corrected chi connectivity index (χ4v) is 3.42. The zero-order valence-electron chi connectivity index (χ0n) is 13.6. The van der Waals surface area contributed by atoms with Crippen molar-refractivity contribution in [2.45, 2.75) is 31.2 Å². The van der Waals surface area contributed by atoms with Crippen molar-refractivity contribution >= 4 is 28.9 Å². The van der Waals surface area contributed by atoms with Crippen LogP contribution >= 0.6 is 0 Å². The largest absolute Gasteiger partial charge is 0.441 e. The predicted octanol–water partition coefficient (Wildman–Crippen LogP) is 0.961. The molecule has 2 aliphatic heterocycles. The Bertz CT molecular complexity index is 818. The van der Waals surface area contributed by atoms with Crippen LogP contribution in [-0.4, -0.2) is 46.4 Å². The minimum atomic E-state index is -0.853. The number of carbonyl (C=O) groups excluding carboxylic acids is 3. The number of likely N-dealkylation sites (tertiary alicyclic amines) is 1. The normalized spacial score (nSPS) is 19.3. The van der Waals surface area contributed by atoms with Crippen LogP contribution in [0.3, 0.4) is 0 Å². The van der Waals surface area contributed by atoms with Gasteiger partial charge in [-0.2, -0.15) is 0 Å². The van der Waals surface area contributed by atoms with Gasteiger partial charge >= 0.3 is 6.03 Å². The van der Waals surface area contributed by atoms with Crippen LogP contribution in [-0.2, 0) is 16.0 Å². The molecule has 0 bridgehead atoms. The van der Waals surface area contributed by atoms with E-state index in [0.29, 0.717) is 50.2 Å². The molecule has 1 aromatic heterocycles. The van der Waals surface area contributed by atoms with Crippen LogP contribution in [0.1, 0.15) is 25.2 Å². The van der Waals surface area contributed by atoms with E-state index < -0.39 is 11.6 Å². The summed E-state index contributed by atoms with van der Waals surface area (Å²) >= 11 is 0. The number of para-hydroxylation sites is 2. The summed E-state index contributed by atoms with van der Waals surface area (Å²) in [4.78, 5) is 41.8. The van der Waals surface area contributed by atoms with Gasteiger partial charge in [0.2, 0.25) is 5.91 Å². The molecule has 4 rings (SSSR count). The summed E-state index contributed by atoms with van der Waals surface area (Å²) in [5.74, 6) is 0.253. The zero-order chi connectivity index (χ0) is 17.4. The number of nitrogens with one attached hydrogen (secondary N) is 2. The first-order valence-electron chi connectivity index (χ1n) is 8.32. The number of urea groups is 1. The smallest absolute Gasteiger partial charge is 0.322 e. The Labute approximate surface area is 143 Å². The highest BCUT2D eigenvalue weighted by atomic mass is 16.3. The van der Waals surface area contributed by atoms with Crippen LogP contribution in [0.5, 0.6) is 0 Å². The number of oxazole rings is 1. The average molecular weight is 342 g/mol. The summed E-state index contributed by atoms with van der Waals surface area (Å²) in [6.07, 6.45) is 1.60. The molecule has 0 aliphatic carbocycles. The van der Waals surface area contributed by atoms with Gasteiger partial charge in [0.05, 0.1) is 0 Å². The summed E-state index contributed by atoms with van der Waals surface area (Å²) in [5.41, 5.74) is 0.648. The Morgan fingerprint density at radius 1 is 1.24 bits per heavy atom. The molecule has 8 heteroatoms. The summed E-state index contributed by atoms with van der Waals surface area (Å²) in [6, 6.07) is 7.03. The summed E-state index contributed by atoms with van der Waals surface area (Å²) in [6.45, 7) is 0.889. The fourth-order valence-electron chi connectivity index (χ4n) is 3.42. The Kier molecular flexibility index (Phi) is 3.67. The lowest BCUT2D eigenvalue weighted by atomic mass is 9.87. The first-order chi connectivity index (χ1) is 12.1. The summed E-state index contributed by atoms with van der Waals surface area (Å²) in [7, 11) is 0. The molecule has 2 saturated heterocycles. The molecular formula is C17H18N4O4. The first-order valence-corrected chi connectivity index (χ1v) is 8.32. The molecule has 0 atom stereocenters. The molecule has 0 radical (unpaired) electrons. The lowest BCUT2D eigenvalue weighted by Crippen LogP contribution is -2.55. The number of aromatic nitrogens is 1. The number of carbonyl (C=O) groups is 3. The number of piperidine rings is 1. The van der Waals surface area contributed by atoms with Crippen LogP contribution < -0.4 is 10.6 Å². The van der Waals surface area contributed by atoms with Crippen LogP contribution in [0.2, 0.25) is 0 Å². The van der Waals surface area contributed by atoms with Crippen molar-refractivity contribution in [2.24, 2.45) is 0 Å². The third-order valence-corrected chi connectivity index (χ3v) is 4.88. The molecule has 1 aromatic carbocycles. The number of hydrogen-bond acceptors (Lipinski definition) is 5. The highest BCUT2D eigenvalue weighted by Gasteiger charge is 2.48. The maximum Gasteiger partial charge on any atom is 0.322 e.